The first-order valence-electron chi connectivity index (χ1n) is 8.43. The van der Waals surface area contributed by atoms with Crippen molar-refractivity contribution in [2.45, 2.75) is 40.5 Å². The first-order valence-corrected chi connectivity index (χ1v) is 8.80. The standard InChI is InChI=1S/C18H28ClN3O2/c1-5-7-20-16(23)11-22(8-6-2)12-17(24)21-18-14(4)9-13(3)10-15(18)19/h9-10H,5-8,11-12H2,1-4H3,(H,20,23)(H,21,24). The summed E-state index contributed by atoms with van der Waals surface area (Å²) >= 11 is 6.23. The van der Waals surface area contributed by atoms with Gasteiger partial charge < -0.3 is 10.6 Å². The van der Waals surface area contributed by atoms with E-state index in [1.165, 1.54) is 0 Å². The van der Waals surface area contributed by atoms with Crippen molar-refractivity contribution in [2.75, 3.05) is 31.5 Å². The Morgan fingerprint density at radius 2 is 1.75 bits per heavy atom. The molecule has 0 spiro atoms. The van der Waals surface area contributed by atoms with Crippen molar-refractivity contribution >= 4 is 29.1 Å². The van der Waals surface area contributed by atoms with E-state index in [2.05, 4.69) is 10.6 Å². The van der Waals surface area contributed by atoms with Gasteiger partial charge in [0.05, 0.1) is 23.8 Å². The largest absolute Gasteiger partial charge is 0.355 e. The van der Waals surface area contributed by atoms with Gasteiger partial charge in [0.15, 0.2) is 0 Å². The number of aryl methyl sites for hydroxylation is 2. The summed E-state index contributed by atoms with van der Waals surface area (Å²) in [6.07, 6.45) is 1.77. The highest BCUT2D eigenvalue weighted by atomic mass is 35.5. The Bertz CT molecular complexity index is 552. The second kappa shape index (κ2) is 10.3. The Labute approximate surface area is 149 Å². The molecule has 0 aliphatic carbocycles. The average molecular weight is 354 g/mol. The van der Waals surface area contributed by atoms with Crippen LogP contribution in [-0.2, 0) is 9.59 Å². The number of carbonyl (C=O) groups is 2. The number of halogens is 1. The molecule has 5 nitrogen and oxygen atoms in total. The zero-order valence-electron chi connectivity index (χ0n) is 15.0. The topological polar surface area (TPSA) is 61.4 Å². The third-order valence-electron chi connectivity index (χ3n) is 3.54. The van der Waals surface area contributed by atoms with Crippen LogP contribution in [0.1, 0.15) is 37.8 Å². The van der Waals surface area contributed by atoms with E-state index in [4.69, 9.17) is 11.6 Å². The molecule has 0 bridgehead atoms. The highest BCUT2D eigenvalue weighted by molar-refractivity contribution is 6.34. The Kier molecular flexibility index (Phi) is 8.79. The van der Waals surface area contributed by atoms with Gasteiger partial charge >= 0.3 is 0 Å². The molecule has 0 radical (unpaired) electrons. The number of rotatable bonds is 9. The highest BCUT2D eigenvalue weighted by Gasteiger charge is 2.15. The number of nitrogens with zero attached hydrogens (tertiary/aromatic N) is 1. The Morgan fingerprint density at radius 1 is 1.08 bits per heavy atom. The van der Waals surface area contributed by atoms with E-state index in [9.17, 15) is 9.59 Å². The van der Waals surface area contributed by atoms with E-state index in [-0.39, 0.29) is 24.9 Å². The number of benzene rings is 1. The molecule has 0 saturated heterocycles. The fourth-order valence-electron chi connectivity index (χ4n) is 2.51. The number of amides is 2. The Balaban J connectivity index is 2.67. The molecule has 0 aliphatic heterocycles. The molecule has 0 saturated carbocycles. The number of anilines is 1. The van der Waals surface area contributed by atoms with Crippen molar-refractivity contribution in [2.24, 2.45) is 0 Å². The van der Waals surface area contributed by atoms with Crippen LogP contribution >= 0.6 is 11.6 Å². The van der Waals surface area contributed by atoms with Gasteiger partial charge in [-0.05, 0) is 50.4 Å². The molecule has 0 unspecified atom stereocenters. The van der Waals surface area contributed by atoms with Gasteiger partial charge in [0.1, 0.15) is 0 Å². The molecule has 134 valence electrons. The summed E-state index contributed by atoms with van der Waals surface area (Å²) < 4.78 is 0. The first-order chi connectivity index (χ1) is 11.4. The minimum absolute atomic E-state index is 0.0531. The van der Waals surface area contributed by atoms with Crippen LogP contribution in [0.2, 0.25) is 5.02 Å². The average Bonchev–Trinajstić information content (AvgIpc) is 2.49. The van der Waals surface area contributed by atoms with Gasteiger partial charge in [0.2, 0.25) is 11.8 Å². The van der Waals surface area contributed by atoms with Gasteiger partial charge in [-0.3, -0.25) is 14.5 Å². The highest BCUT2D eigenvalue weighted by Crippen LogP contribution is 2.27. The molecule has 0 heterocycles. The lowest BCUT2D eigenvalue weighted by atomic mass is 10.1. The molecule has 0 aliphatic rings. The van der Waals surface area contributed by atoms with Gasteiger partial charge in [-0.25, -0.2) is 0 Å². The summed E-state index contributed by atoms with van der Waals surface area (Å²) in [6.45, 7) is 9.63. The van der Waals surface area contributed by atoms with E-state index in [0.29, 0.717) is 23.8 Å². The quantitative estimate of drug-likeness (QED) is 0.717. The summed E-state index contributed by atoms with van der Waals surface area (Å²) in [5, 5.41) is 6.23. The van der Waals surface area contributed by atoms with Crippen LogP contribution in [0.25, 0.3) is 0 Å². The second-order valence-corrected chi connectivity index (χ2v) is 6.45. The van der Waals surface area contributed by atoms with Crippen LogP contribution in [-0.4, -0.2) is 42.9 Å². The molecule has 2 amide bonds. The zero-order valence-corrected chi connectivity index (χ0v) is 15.8. The summed E-state index contributed by atoms with van der Waals surface area (Å²) in [5.41, 5.74) is 2.62. The van der Waals surface area contributed by atoms with Crippen LogP contribution in [0.4, 0.5) is 5.69 Å². The van der Waals surface area contributed by atoms with Gasteiger partial charge in [-0.2, -0.15) is 0 Å². The smallest absolute Gasteiger partial charge is 0.238 e. The number of nitrogens with one attached hydrogen (secondary N) is 2. The number of carbonyl (C=O) groups excluding carboxylic acids is 2. The molecular weight excluding hydrogens is 326 g/mol. The van der Waals surface area contributed by atoms with Crippen LogP contribution < -0.4 is 10.6 Å². The number of hydrogen-bond acceptors (Lipinski definition) is 3. The first kappa shape index (κ1) is 20.5. The summed E-state index contributed by atoms with van der Waals surface area (Å²) in [4.78, 5) is 26.1. The van der Waals surface area contributed by atoms with Crippen molar-refractivity contribution < 1.29 is 9.59 Å². The molecule has 0 atom stereocenters. The van der Waals surface area contributed by atoms with Crippen LogP contribution in [0.3, 0.4) is 0 Å². The van der Waals surface area contributed by atoms with Crippen molar-refractivity contribution in [1.82, 2.24) is 10.2 Å². The van der Waals surface area contributed by atoms with Gasteiger partial charge in [-0.1, -0.05) is 31.5 Å². The molecule has 24 heavy (non-hydrogen) atoms. The molecule has 0 fully saturated rings. The van der Waals surface area contributed by atoms with Gasteiger partial charge in [0, 0.05) is 6.54 Å². The van der Waals surface area contributed by atoms with Crippen molar-refractivity contribution in [3.05, 3.63) is 28.3 Å². The third kappa shape index (κ3) is 6.89. The lowest BCUT2D eigenvalue weighted by Crippen LogP contribution is -2.41. The maximum Gasteiger partial charge on any atom is 0.238 e. The SMILES string of the molecule is CCCNC(=O)CN(CCC)CC(=O)Nc1c(C)cc(C)cc1Cl. The molecule has 6 heteroatoms. The zero-order chi connectivity index (χ0) is 18.1. The number of hydrogen-bond donors (Lipinski definition) is 2. The van der Waals surface area contributed by atoms with Crippen LogP contribution in [0.15, 0.2) is 12.1 Å². The predicted octanol–water partition coefficient (Wildman–Crippen LogP) is 3.13. The molecular formula is C18H28ClN3O2. The monoisotopic (exact) mass is 353 g/mol. The third-order valence-corrected chi connectivity index (χ3v) is 3.84. The Morgan fingerprint density at radius 3 is 2.33 bits per heavy atom. The maximum absolute atomic E-state index is 12.3. The van der Waals surface area contributed by atoms with Gasteiger partial charge in [0.25, 0.3) is 0 Å². The van der Waals surface area contributed by atoms with E-state index in [0.717, 1.165) is 24.0 Å². The molecule has 1 rings (SSSR count). The van der Waals surface area contributed by atoms with Crippen molar-refractivity contribution in [3.63, 3.8) is 0 Å². The molecule has 1 aromatic rings. The van der Waals surface area contributed by atoms with Crippen molar-refractivity contribution in [3.8, 4) is 0 Å². The second-order valence-electron chi connectivity index (χ2n) is 6.05. The van der Waals surface area contributed by atoms with Gasteiger partial charge in [-0.15, -0.1) is 0 Å². The molecule has 2 N–H and O–H groups in total. The summed E-state index contributed by atoms with van der Waals surface area (Å²) in [6, 6.07) is 3.80. The summed E-state index contributed by atoms with van der Waals surface area (Å²) in [5.74, 6) is -0.219. The Hall–Kier alpha value is -1.59. The van der Waals surface area contributed by atoms with Crippen LogP contribution in [0, 0.1) is 13.8 Å². The molecule has 1 aromatic carbocycles. The lowest BCUT2D eigenvalue weighted by molar-refractivity contribution is -0.123. The minimum Gasteiger partial charge on any atom is -0.355 e. The normalized spacial score (nSPS) is 10.8. The fourth-order valence-corrected chi connectivity index (χ4v) is 2.88. The predicted molar refractivity (Wildman–Crippen MR) is 99.6 cm³/mol. The van der Waals surface area contributed by atoms with E-state index in [1.807, 2.05) is 44.7 Å². The minimum atomic E-state index is -0.166. The molecule has 0 aromatic heterocycles. The van der Waals surface area contributed by atoms with E-state index >= 15 is 0 Å². The van der Waals surface area contributed by atoms with Crippen molar-refractivity contribution in [1.29, 1.82) is 0 Å². The van der Waals surface area contributed by atoms with Crippen LogP contribution in [0.5, 0.6) is 0 Å². The maximum atomic E-state index is 12.3. The summed E-state index contributed by atoms with van der Waals surface area (Å²) in [7, 11) is 0. The lowest BCUT2D eigenvalue weighted by Gasteiger charge is -2.21. The van der Waals surface area contributed by atoms with E-state index in [1.54, 1.807) is 0 Å². The fraction of sp³-hybridized carbons (Fsp3) is 0.556. The van der Waals surface area contributed by atoms with E-state index < -0.39 is 0 Å².